The number of unbranched alkanes of at least 4 members (excludes halogenated alkanes) is 2. The smallest absolute Gasteiger partial charge is 0.253 e. The van der Waals surface area contributed by atoms with Crippen LogP contribution >= 0.6 is 0 Å². The number of sulfonamides is 1. The van der Waals surface area contributed by atoms with Gasteiger partial charge < -0.3 is 10.1 Å². The van der Waals surface area contributed by atoms with Crippen LogP contribution in [0.5, 0.6) is 0 Å². The predicted octanol–water partition coefficient (Wildman–Crippen LogP) is 3.40. The molecule has 146 valence electrons. The van der Waals surface area contributed by atoms with Crippen LogP contribution in [0, 0.1) is 0 Å². The zero-order chi connectivity index (χ0) is 19.0. The van der Waals surface area contributed by atoms with Crippen molar-refractivity contribution in [1.29, 1.82) is 0 Å². The molecular weight excluding hydrogens is 352 g/mol. The molecule has 1 heterocycles. The number of nitrogens with zero attached hydrogens (tertiary/aromatic N) is 1. The van der Waals surface area contributed by atoms with E-state index in [1.165, 1.54) is 0 Å². The van der Waals surface area contributed by atoms with Crippen molar-refractivity contribution >= 4 is 21.6 Å². The SMILES string of the molecule is CCCCN(CCCC)S(=O)(=O)c1ccc(NC(=O)[C@@H]2CCCO2)cc1. The first kappa shape index (κ1) is 20.9. The van der Waals surface area contributed by atoms with Crippen LogP contribution in [0.25, 0.3) is 0 Å². The lowest BCUT2D eigenvalue weighted by molar-refractivity contribution is -0.124. The highest BCUT2D eigenvalue weighted by Crippen LogP contribution is 2.21. The molecule has 1 fully saturated rings. The van der Waals surface area contributed by atoms with Gasteiger partial charge in [-0.1, -0.05) is 26.7 Å². The average Bonchev–Trinajstić information content (AvgIpc) is 3.17. The highest BCUT2D eigenvalue weighted by atomic mass is 32.2. The Morgan fingerprint density at radius 1 is 1.15 bits per heavy atom. The fourth-order valence-electron chi connectivity index (χ4n) is 2.89. The number of rotatable bonds is 10. The van der Waals surface area contributed by atoms with Crippen molar-refractivity contribution < 1.29 is 17.9 Å². The molecule has 1 saturated heterocycles. The maximum Gasteiger partial charge on any atom is 0.253 e. The zero-order valence-electron chi connectivity index (χ0n) is 15.7. The van der Waals surface area contributed by atoms with Crippen LogP contribution in [-0.2, 0) is 19.6 Å². The molecule has 0 bridgehead atoms. The molecular formula is C19H30N2O4S. The Balaban J connectivity index is 2.07. The van der Waals surface area contributed by atoms with E-state index in [4.69, 9.17) is 4.74 Å². The largest absolute Gasteiger partial charge is 0.368 e. The Morgan fingerprint density at radius 2 is 1.77 bits per heavy atom. The van der Waals surface area contributed by atoms with Crippen molar-refractivity contribution in [1.82, 2.24) is 4.31 Å². The predicted molar refractivity (Wildman–Crippen MR) is 103 cm³/mol. The lowest BCUT2D eigenvalue weighted by Crippen LogP contribution is -2.33. The van der Waals surface area contributed by atoms with Crippen LogP contribution in [0.1, 0.15) is 52.4 Å². The summed E-state index contributed by atoms with van der Waals surface area (Å²) in [6.07, 6.45) is 4.80. The minimum atomic E-state index is -3.51. The highest BCUT2D eigenvalue weighted by Gasteiger charge is 2.25. The van der Waals surface area contributed by atoms with Crippen molar-refractivity contribution in [3.8, 4) is 0 Å². The fourth-order valence-corrected chi connectivity index (χ4v) is 4.40. The van der Waals surface area contributed by atoms with Crippen LogP contribution < -0.4 is 5.32 Å². The first-order valence-corrected chi connectivity index (χ1v) is 11.0. The van der Waals surface area contributed by atoms with Gasteiger partial charge in [0.15, 0.2) is 0 Å². The number of carbonyl (C=O) groups excluding carboxylic acids is 1. The second kappa shape index (κ2) is 10.0. The van der Waals surface area contributed by atoms with E-state index in [2.05, 4.69) is 19.2 Å². The van der Waals surface area contributed by atoms with Gasteiger partial charge in [-0.2, -0.15) is 4.31 Å². The molecule has 1 N–H and O–H groups in total. The van der Waals surface area contributed by atoms with Gasteiger partial charge in [-0.3, -0.25) is 4.79 Å². The van der Waals surface area contributed by atoms with Crippen LogP contribution in [0.3, 0.4) is 0 Å². The topological polar surface area (TPSA) is 75.7 Å². The molecule has 1 atom stereocenters. The molecule has 0 radical (unpaired) electrons. The summed E-state index contributed by atoms with van der Waals surface area (Å²) < 4.78 is 32.7. The number of carbonyl (C=O) groups is 1. The van der Waals surface area contributed by atoms with Crippen LogP contribution in [0.4, 0.5) is 5.69 Å². The summed E-state index contributed by atoms with van der Waals surface area (Å²) in [7, 11) is -3.51. The van der Waals surface area contributed by atoms with E-state index >= 15 is 0 Å². The van der Waals surface area contributed by atoms with E-state index in [9.17, 15) is 13.2 Å². The molecule has 1 aromatic rings. The fraction of sp³-hybridized carbons (Fsp3) is 0.632. The van der Waals surface area contributed by atoms with Gasteiger partial charge in [-0.15, -0.1) is 0 Å². The number of hydrogen-bond donors (Lipinski definition) is 1. The molecule has 1 aliphatic rings. The monoisotopic (exact) mass is 382 g/mol. The van der Waals surface area contributed by atoms with E-state index in [-0.39, 0.29) is 10.8 Å². The van der Waals surface area contributed by atoms with Crippen LogP contribution in [-0.4, -0.2) is 44.4 Å². The van der Waals surface area contributed by atoms with E-state index in [1.54, 1.807) is 28.6 Å². The minimum absolute atomic E-state index is 0.175. The number of amides is 1. The van der Waals surface area contributed by atoms with E-state index in [0.717, 1.165) is 38.5 Å². The Kier molecular flexibility index (Phi) is 8.06. The van der Waals surface area contributed by atoms with Gasteiger partial charge in [-0.05, 0) is 49.9 Å². The third kappa shape index (κ3) is 5.53. The maximum atomic E-state index is 12.9. The van der Waals surface area contributed by atoms with Gasteiger partial charge in [0.1, 0.15) is 6.10 Å². The van der Waals surface area contributed by atoms with Gasteiger partial charge in [0.2, 0.25) is 10.0 Å². The summed E-state index contributed by atoms with van der Waals surface area (Å²) >= 11 is 0. The molecule has 7 heteroatoms. The summed E-state index contributed by atoms with van der Waals surface area (Å²) in [4.78, 5) is 12.3. The third-order valence-electron chi connectivity index (χ3n) is 4.50. The number of hydrogen-bond acceptors (Lipinski definition) is 4. The van der Waals surface area contributed by atoms with Crippen molar-refractivity contribution in [3.63, 3.8) is 0 Å². The molecule has 0 aliphatic carbocycles. The van der Waals surface area contributed by atoms with E-state index < -0.39 is 16.1 Å². The van der Waals surface area contributed by atoms with Crippen LogP contribution in [0.15, 0.2) is 29.2 Å². The van der Waals surface area contributed by atoms with E-state index in [1.807, 2.05) is 0 Å². The molecule has 26 heavy (non-hydrogen) atoms. The molecule has 0 aromatic heterocycles. The average molecular weight is 383 g/mol. The number of benzene rings is 1. The highest BCUT2D eigenvalue weighted by molar-refractivity contribution is 7.89. The molecule has 6 nitrogen and oxygen atoms in total. The molecule has 1 amide bonds. The second-order valence-electron chi connectivity index (χ2n) is 6.63. The Bertz CT molecular complexity index is 659. The number of nitrogens with one attached hydrogen (secondary N) is 1. The zero-order valence-corrected chi connectivity index (χ0v) is 16.6. The summed E-state index contributed by atoms with van der Waals surface area (Å²) in [5.74, 6) is -0.175. The van der Waals surface area contributed by atoms with Crippen molar-refractivity contribution in [2.75, 3.05) is 25.0 Å². The third-order valence-corrected chi connectivity index (χ3v) is 6.42. The van der Waals surface area contributed by atoms with Gasteiger partial charge in [-0.25, -0.2) is 8.42 Å². The number of ether oxygens (including phenoxy) is 1. The summed E-state index contributed by atoms with van der Waals surface area (Å²) in [5, 5.41) is 2.79. The normalized spacial score (nSPS) is 17.6. The lowest BCUT2D eigenvalue weighted by atomic mass is 10.2. The maximum absolute atomic E-state index is 12.9. The van der Waals surface area contributed by atoms with Crippen LogP contribution in [0.2, 0.25) is 0 Å². The quantitative estimate of drug-likeness (QED) is 0.673. The van der Waals surface area contributed by atoms with Gasteiger partial charge in [0.25, 0.3) is 5.91 Å². The van der Waals surface area contributed by atoms with Crippen molar-refractivity contribution in [3.05, 3.63) is 24.3 Å². The summed E-state index contributed by atoms with van der Waals surface area (Å²) in [5.41, 5.74) is 0.582. The van der Waals surface area contributed by atoms with Gasteiger partial charge >= 0.3 is 0 Å². The Morgan fingerprint density at radius 3 is 2.27 bits per heavy atom. The molecule has 0 unspecified atom stereocenters. The molecule has 2 rings (SSSR count). The standard InChI is InChI=1S/C19H30N2O4S/c1-3-5-13-21(14-6-4-2)26(23,24)17-11-9-16(10-12-17)20-19(22)18-8-7-15-25-18/h9-12,18H,3-8,13-15H2,1-2H3,(H,20,22)/t18-/m0/s1. The number of anilines is 1. The minimum Gasteiger partial charge on any atom is -0.368 e. The second-order valence-corrected chi connectivity index (χ2v) is 8.56. The van der Waals surface area contributed by atoms with E-state index in [0.29, 0.717) is 25.4 Å². The van der Waals surface area contributed by atoms with Crippen molar-refractivity contribution in [2.24, 2.45) is 0 Å². The lowest BCUT2D eigenvalue weighted by Gasteiger charge is -2.22. The Hall–Kier alpha value is -1.44. The molecule has 0 saturated carbocycles. The molecule has 1 aromatic carbocycles. The van der Waals surface area contributed by atoms with Crippen molar-refractivity contribution in [2.45, 2.75) is 63.4 Å². The molecule has 0 spiro atoms. The first-order chi connectivity index (χ1) is 12.5. The van der Waals surface area contributed by atoms with Gasteiger partial charge in [0, 0.05) is 25.4 Å². The van der Waals surface area contributed by atoms with Gasteiger partial charge in [0.05, 0.1) is 4.90 Å². The molecule has 1 aliphatic heterocycles. The Labute approximate surface area is 157 Å². The summed E-state index contributed by atoms with van der Waals surface area (Å²) in [6.45, 7) is 5.79. The summed E-state index contributed by atoms with van der Waals surface area (Å²) in [6, 6.07) is 6.39. The first-order valence-electron chi connectivity index (χ1n) is 9.51.